The summed E-state index contributed by atoms with van der Waals surface area (Å²) in [6.45, 7) is 5.28. The molecule has 0 spiro atoms. The predicted octanol–water partition coefficient (Wildman–Crippen LogP) is 1.26. The number of ketones is 2. The van der Waals surface area contributed by atoms with Gasteiger partial charge in [-0.3, -0.25) is 9.59 Å². The first-order chi connectivity index (χ1) is 18.7. The average molecular weight is 556 g/mol. The Morgan fingerprint density at radius 1 is 1.07 bits per heavy atom. The lowest BCUT2D eigenvalue weighted by molar-refractivity contribution is -0.311. The van der Waals surface area contributed by atoms with Gasteiger partial charge in [0.2, 0.25) is 12.1 Å². The van der Waals surface area contributed by atoms with Crippen molar-refractivity contribution >= 4 is 11.6 Å². The van der Waals surface area contributed by atoms with Gasteiger partial charge in [-0.05, 0) is 52.6 Å². The maximum atomic E-state index is 14.1. The van der Waals surface area contributed by atoms with Crippen LogP contribution in [0.3, 0.4) is 0 Å². The molecule has 1 fully saturated rings. The van der Waals surface area contributed by atoms with Crippen LogP contribution in [0, 0.1) is 0 Å². The topological polar surface area (TPSA) is 166 Å². The number of ether oxygens (including phenoxy) is 3. The summed E-state index contributed by atoms with van der Waals surface area (Å²) in [5.74, 6) is -2.51. The first-order valence-electron chi connectivity index (χ1n) is 13.3. The highest BCUT2D eigenvalue weighted by Gasteiger charge is 2.59. The number of fused-ring (bicyclic) bond motifs is 8. The Balaban J connectivity index is 1.57. The Kier molecular flexibility index (Phi) is 5.91. The second-order valence-corrected chi connectivity index (χ2v) is 11.8. The molecule has 11 heteroatoms. The number of aliphatic hydroxyl groups is 3. The Hall–Kier alpha value is -3.06. The van der Waals surface area contributed by atoms with Gasteiger partial charge in [0, 0.05) is 36.1 Å². The van der Waals surface area contributed by atoms with Crippen LogP contribution in [0.5, 0.6) is 17.2 Å². The fraction of sp³-hybridized carbons (Fsp3) is 0.517. The molecule has 7 atom stereocenters. The van der Waals surface area contributed by atoms with Crippen molar-refractivity contribution in [2.24, 2.45) is 0 Å². The summed E-state index contributed by atoms with van der Waals surface area (Å²) in [5, 5.41) is 55.6. The van der Waals surface area contributed by atoms with Crippen LogP contribution in [-0.4, -0.2) is 92.8 Å². The Bertz CT molecular complexity index is 1470. The highest BCUT2D eigenvalue weighted by atomic mass is 16.7. The van der Waals surface area contributed by atoms with E-state index in [9.17, 15) is 35.1 Å². The van der Waals surface area contributed by atoms with Crippen LogP contribution in [-0.2, 0) is 21.5 Å². The molecule has 40 heavy (non-hydrogen) atoms. The first kappa shape index (κ1) is 27.1. The quantitative estimate of drug-likeness (QED) is 0.316. The molecule has 6 rings (SSSR count). The smallest absolute Gasteiger partial charge is 0.228 e. The number of benzene rings is 2. The van der Waals surface area contributed by atoms with Gasteiger partial charge < -0.3 is 44.6 Å². The van der Waals surface area contributed by atoms with E-state index in [-0.39, 0.29) is 46.4 Å². The van der Waals surface area contributed by atoms with Crippen LogP contribution in [0.1, 0.15) is 81.8 Å². The largest absolute Gasteiger partial charge is 0.507 e. The van der Waals surface area contributed by atoms with Crippen molar-refractivity contribution < 1.29 is 49.3 Å². The number of phenolic OH excluding ortho intramolecular Hbond substituents is 2. The molecule has 0 radical (unpaired) electrons. The van der Waals surface area contributed by atoms with Gasteiger partial charge in [-0.25, -0.2) is 0 Å². The molecule has 2 aromatic carbocycles. The van der Waals surface area contributed by atoms with Crippen LogP contribution < -0.4 is 4.74 Å². The lowest BCUT2D eigenvalue weighted by atomic mass is 9.72. The Labute approximate surface area is 230 Å². The molecule has 4 aliphatic rings. The van der Waals surface area contributed by atoms with Crippen LogP contribution in [0.15, 0.2) is 12.1 Å². The zero-order valence-electron chi connectivity index (χ0n) is 22.9. The van der Waals surface area contributed by atoms with Crippen LogP contribution in [0.4, 0.5) is 0 Å². The van der Waals surface area contributed by atoms with Gasteiger partial charge in [0.05, 0.1) is 34.4 Å². The monoisotopic (exact) mass is 555 g/mol. The van der Waals surface area contributed by atoms with Crippen molar-refractivity contribution in [3.05, 3.63) is 51.1 Å². The van der Waals surface area contributed by atoms with Crippen molar-refractivity contribution in [2.45, 2.75) is 75.5 Å². The van der Waals surface area contributed by atoms with Gasteiger partial charge in [-0.2, -0.15) is 0 Å². The van der Waals surface area contributed by atoms with Gasteiger partial charge in [0.15, 0.2) is 5.78 Å². The minimum Gasteiger partial charge on any atom is -0.507 e. The maximum absolute atomic E-state index is 14.1. The van der Waals surface area contributed by atoms with Gasteiger partial charge in [-0.15, -0.1) is 0 Å². The van der Waals surface area contributed by atoms with E-state index in [1.807, 2.05) is 0 Å². The van der Waals surface area contributed by atoms with E-state index in [1.165, 1.54) is 12.1 Å². The third-order valence-electron chi connectivity index (χ3n) is 8.74. The van der Waals surface area contributed by atoms with Gasteiger partial charge in [0.25, 0.3) is 0 Å². The standard InChI is InChI=1S/C29H33NO10/c1-6-38-15-10-28(2,37)9-11-7-12-17(22(33)16(11)15)23(34)18-14(31)8-13-25(19(18)21(12)32)39-27-24(35)20(30(4)5)26(36)29(13,3)40-27/h7-8,15,20,24,26-27,31,33,35-37H,6,9-10H2,1-5H3/t15-,20-,24-,26+,27+,28+,29+/m0/s1. The summed E-state index contributed by atoms with van der Waals surface area (Å²) in [6, 6.07) is 1.92. The molecule has 0 unspecified atom stereocenters. The second kappa shape index (κ2) is 8.72. The van der Waals surface area contributed by atoms with Gasteiger partial charge in [-0.1, -0.05) is 0 Å². The van der Waals surface area contributed by atoms with E-state index in [1.54, 1.807) is 39.8 Å². The van der Waals surface area contributed by atoms with E-state index in [2.05, 4.69) is 0 Å². The highest BCUT2D eigenvalue weighted by Crippen LogP contribution is 2.54. The van der Waals surface area contributed by atoms with Crippen molar-refractivity contribution in [1.82, 2.24) is 4.90 Å². The summed E-state index contributed by atoms with van der Waals surface area (Å²) in [4.78, 5) is 29.7. The normalized spacial score (nSPS) is 34.1. The SMILES string of the molecule is CCO[C@H]1C[C@](C)(O)Cc2cc3c(c(O)c21)C(=O)c1c(O)cc2c(c1C3=O)O[C@@H]1O[C@@]2(C)[C@H](O)[C@@H](N(C)C)[C@@H]1O. The number of carbonyl (C=O) groups is 2. The molecule has 0 amide bonds. The lowest BCUT2D eigenvalue weighted by Gasteiger charge is -2.53. The van der Waals surface area contributed by atoms with Crippen molar-refractivity contribution in [1.29, 1.82) is 0 Å². The van der Waals surface area contributed by atoms with Crippen LogP contribution in [0.25, 0.3) is 0 Å². The molecule has 0 aromatic heterocycles. The number of hydrogen-bond acceptors (Lipinski definition) is 11. The fourth-order valence-corrected chi connectivity index (χ4v) is 6.90. The van der Waals surface area contributed by atoms with E-state index < -0.39 is 64.9 Å². The molecule has 2 aromatic rings. The number of nitrogens with zero attached hydrogens (tertiary/aromatic N) is 1. The van der Waals surface area contributed by atoms with Crippen molar-refractivity contribution in [2.75, 3.05) is 20.7 Å². The van der Waals surface area contributed by atoms with E-state index >= 15 is 0 Å². The molecule has 0 saturated carbocycles. The Morgan fingerprint density at radius 2 is 1.77 bits per heavy atom. The van der Waals surface area contributed by atoms with E-state index in [0.29, 0.717) is 17.7 Å². The minimum absolute atomic E-state index is 0.0812. The number of aromatic hydroxyl groups is 2. The summed E-state index contributed by atoms with van der Waals surface area (Å²) in [5.41, 5.74) is -2.67. The number of likely N-dealkylation sites (N-methyl/N-ethyl adjacent to an activating group) is 1. The average Bonchev–Trinajstić information content (AvgIpc) is 2.85. The number of carbonyl (C=O) groups excluding carboxylic acids is 2. The number of hydrogen-bond donors (Lipinski definition) is 5. The van der Waals surface area contributed by atoms with E-state index in [4.69, 9.17) is 14.2 Å². The highest BCUT2D eigenvalue weighted by molar-refractivity contribution is 6.31. The molecule has 214 valence electrons. The fourth-order valence-electron chi connectivity index (χ4n) is 6.90. The van der Waals surface area contributed by atoms with Gasteiger partial charge in [0.1, 0.15) is 35.1 Å². The summed E-state index contributed by atoms with van der Waals surface area (Å²) in [7, 11) is 3.37. The molecular weight excluding hydrogens is 522 g/mol. The van der Waals surface area contributed by atoms with E-state index in [0.717, 1.165) is 0 Å². The summed E-state index contributed by atoms with van der Waals surface area (Å²) >= 11 is 0. The minimum atomic E-state index is -1.50. The van der Waals surface area contributed by atoms with Crippen LogP contribution >= 0.6 is 0 Å². The number of aliphatic hydroxyl groups excluding tert-OH is 2. The number of rotatable bonds is 3. The van der Waals surface area contributed by atoms with Gasteiger partial charge >= 0.3 is 0 Å². The van der Waals surface area contributed by atoms with Crippen molar-refractivity contribution in [3.8, 4) is 17.2 Å². The molecule has 1 saturated heterocycles. The third kappa shape index (κ3) is 3.52. The summed E-state index contributed by atoms with van der Waals surface area (Å²) < 4.78 is 17.7. The number of phenols is 2. The molecule has 2 aliphatic carbocycles. The first-order valence-corrected chi connectivity index (χ1v) is 13.3. The zero-order valence-corrected chi connectivity index (χ0v) is 22.9. The predicted molar refractivity (Wildman–Crippen MR) is 139 cm³/mol. The van der Waals surface area contributed by atoms with Crippen molar-refractivity contribution in [3.63, 3.8) is 0 Å². The second-order valence-electron chi connectivity index (χ2n) is 11.8. The molecule has 5 N–H and O–H groups in total. The molecule has 11 nitrogen and oxygen atoms in total. The Morgan fingerprint density at radius 3 is 2.42 bits per heavy atom. The summed E-state index contributed by atoms with van der Waals surface area (Å²) in [6.07, 6.45) is -4.26. The maximum Gasteiger partial charge on any atom is 0.228 e. The molecule has 2 aliphatic heterocycles. The lowest BCUT2D eigenvalue weighted by Crippen LogP contribution is -2.68. The van der Waals surface area contributed by atoms with Crippen LogP contribution in [0.2, 0.25) is 0 Å². The molecular formula is C29H33NO10. The zero-order chi connectivity index (χ0) is 29.0. The molecule has 2 heterocycles. The molecule has 2 bridgehead atoms. The third-order valence-corrected chi connectivity index (χ3v) is 8.74.